The van der Waals surface area contributed by atoms with Crippen molar-refractivity contribution in [3.63, 3.8) is 0 Å². The van der Waals surface area contributed by atoms with Gasteiger partial charge in [0.2, 0.25) is 0 Å². The van der Waals surface area contributed by atoms with Gasteiger partial charge in [0.05, 0.1) is 11.9 Å². The Morgan fingerprint density at radius 3 is 2.80 bits per heavy atom. The van der Waals surface area contributed by atoms with Crippen LogP contribution in [0.15, 0.2) is 24.7 Å². The molecular weight excluding hydrogens is 254 g/mol. The number of hydrogen-bond donors (Lipinski definition) is 1. The molecule has 2 heterocycles. The highest BCUT2D eigenvalue weighted by molar-refractivity contribution is 5.19. The Balaban J connectivity index is 1.93. The summed E-state index contributed by atoms with van der Waals surface area (Å²) in [7, 11) is 1.90. The lowest BCUT2D eigenvalue weighted by atomic mass is 10.2. The van der Waals surface area contributed by atoms with Crippen LogP contribution in [-0.4, -0.2) is 26.8 Å². The minimum atomic E-state index is 0.403. The van der Waals surface area contributed by atoms with Gasteiger partial charge in [-0.25, -0.2) is 9.67 Å². The Hall–Kier alpha value is -1.95. The summed E-state index contributed by atoms with van der Waals surface area (Å²) in [6, 6.07) is 3.87. The normalized spacial score (nSPS) is 11.0. The monoisotopic (exact) mass is 275 g/mol. The molecule has 2 rings (SSSR count). The summed E-state index contributed by atoms with van der Waals surface area (Å²) < 4.78 is 7.58. The van der Waals surface area contributed by atoms with Crippen LogP contribution in [-0.2, 0) is 19.7 Å². The molecule has 20 heavy (non-hydrogen) atoms. The molecule has 0 saturated heterocycles. The van der Waals surface area contributed by atoms with Crippen LogP contribution in [0.25, 0.3) is 0 Å². The number of hydrogen-bond acceptors (Lipinski definition) is 5. The fourth-order valence-electron chi connectivity index (χ4n) is 1.83. The molecule has 0 aliphatic carbocycles. The van der Waals surface area contributed by atoms with Crippen molar-refractivity contribution in [3.05, 3.63) is 36.2 Å². The molecule has 0 radical (unpaired) electrons. The van der Waals surface area contributed by atoms with Gasteiger partial charge in [-0.2, -0.15) is 5.10 Å². The second-order valence-electron chi connectivity index (χ2n) is 5.06. The molecule has 0 amide bonds. The van der Waals surface area contributed by atoms with E-state index in [-0.39, 0.29) is 0 Å². The Labute approximate surface area is 119 Å². The van der Waals surface area contributed by atoms with E-state index in [1.165, 1.54) is 0 Å². The van der Waals surface area contributed by atoms with Crippen molar-refractivity contribution >= 4 is 0 Å². The lowest BCUT2D eigenvalue weighted by Crippen LogP contribution is -2.12. The average Bonchev–Trinajstić information content (AvgIpc) is 2.85. The third-order valence-electron chi connectivity index (χ3n) is 2.76. The molecule has 108 valence electrons. The van der Waals surface area contributed by atoms with Crippen molar-refractivity contribution < 1.29 is 4.74 Å². The quantitative estimate of drug-likeness (QED) is 0.832. The van der Waals surface area contributed by atoms with Crippen molar-refractivity contribution in [2.24, 2.45) is 5.92 Å². The van der Waals surface area contributed by atoms with Crippen LogP contribution in [0.4, 0.5) is 0 Å². The first-order valence-electron chi connectivity index (χ1n) is 6.78. The van der Waals surface area contributed by atoms with E-state index < -0.39 is 0 Å². The van der Waals surface area contributed by atoms with Gasteiger partial charge >= 0.3 is 0 Å². The molecular formula is C14H21N5O. The zero-order valence-electron chi connectivity index (χ0n) is 12.2. The molecule has 0 fully saturated rings. The van der Waals surface area contributed by atoms with Crippen molar-refractivity contribution in [2.75, 3.05) is 7.05 Å². The van der Waals surface area contributed by atoms with E-state index in [9.17, 15) is 0 Å². The van der Waals surface area contributed by atoms with E-state index in [2.05, 4.69) is 34.2 Å². The Morgan fingerprint density at radius 1 is 1.30 bits per heavy atom. The van der Waals surface area contributed by atoms with Gasteiger partial charge in [-0.1, -0.05) is 13.8 Å². The van der Waals surface area contributed by atoms with Crippen molar-refractivity contribution in [2.45, 2.75) is 33.5 Å². The van der Waals surface area contributed by atoms with Crippen LogP contribution >= 0.6 is 0 Å². The predicted octanol–water partition coefficient (Wildman–Crippen LogP) is 1.63. The number of nitrogens with zero attached hydrogens (tertiary/aromatic N) is 4. The SMILES string of the molecule is CNCc1ccc(OCc2ncnn2CC(C)C)cn1. The van der Waals surface area contributed by atoms with Crippen LogP contribution in [0.2, 0.25) is 0 Å². The van der Waals surface area contributed by atoms with Crippen LogP contribution < -0.4 is 10.1 Å². The third-order valence-corrected chi connectivity index (χ3v) is 2.76. The highest BCUT2D eigenvalue weighted by atomic mass is 16.5. The molecule has 0 saturated carbocycles. The van der Waals surface area contributed by atoms with E-state index in [1.54, 1.807) is 12.5 Å². The summed E-state index contributed by atoms with van der Waals surface area (Å²) in [5.74, 6) is 2.10. The average molecular weight is 275 g/mol. The van der Waals surface area contributed by atoms with Crippen molar-refractivity contribution in [1.82, 2.24) is 25.1 Å². The molecule has 2 aromatic rings. The smallest absolute Gasteiger partial charge is 0.164 e. The highest BCUT2D eigenvalue weighted by Gasteiger charge is 2.07. The molecule has 2 aromatic heterocycles. The highest BCUT2D eigenvalue weighted by Crippen LogP contribution is 2.11. The first-order chi connectivity index (χ1) is 9.69. The van der Waals surface area contributed by atoms with Crippen molar-refractivity contribution in [1.29, 1.82) is 0 Å². The molecule has 0 aromatic carbocycles. The lowest BCUT2D eigenvalue weighted by Gasteiger charge is -2.09. The standard InChI is InChI=1S/C14H21N5O/c1-11(2)8-19-14(17-10-18-19)9-20-13-5-4-12(6-15-3)16-7-13/h4-5,7,10-11,15H,6,8-9H2,1-3H3. The summed E-state index contributed by atoms with van der Waals surface area (Å²) in [6.45, 7) is 6.30. The van der Waals surface area contributed by atoms with E-state index >= 15 is 0 Å². The molecule has 0 atom stereocenters. The first-order valence-corrected chi connectivity index (χ1v) is 6.78. The van der Waals surface area contributed by atoms with Gasteiger partial charge in [-0.3, -0.25) is 4.98 Å². The molecule has 6 nitrogen and oxygen atoms in total. The Morgan fingerprint density at radius 2 is 2.15 bits per heavy atom. The number of pyridine rings is 1. The number of ether oxygens (including phenoxy) is 1. The molecule has 6 heteroatoms. The molecule has 0 bridgehead atoms. The van der Waals surface area contributed by atoms with Gasteiger partial charge in [0.25, 0.3) is 0 Å². The number of aromatic nitrogens is 4. The second-order valence-corrected chi connectivity index (χ2v) is 5.06. The number of rotatable bonds is 7. The summed E-state index contributed by atoms with van der Waals surface area (Å²) >= 11 is 0. The predicted molar refractivity (Wildman–Crippen MR) is 76.2 cm³/mol. The summed E-state index contributed by atoms with van der Waals surface area (Å²) in [4.78, 5) is 8.54. The lowest BCUT2D eigenvalue weighted by molar-refractivity contribution is 0.281. The van der Waals surface area contributed by atoms with E-state index in [1.807, 2.05) is 23.9 Å². The van der Waals surface area contributed by atoms with Gasteiger partial charge in [0, 0.05) is 13.1 Å². The Bertz CT molecular complexity index is 521. The fraction of sp³-hybridized carbons (Fsp3) is 0.500. The maximum absolute atomic E-state index is 5.70. The Kier molecular flexibility index (Phi) is 5.06. The van der Waals surface area contributed by atoms with Gasteiger partial charge < -0.3 is 10.1 Å². The summed E-state index contributed by atoms with van der Waals surface area (Å²) in [5, 5.41) is 7.27. The van der Waals surface area contributed by atoms with Crippen LogP contribution in [0.3, 0.4) is 0 Å². The third kappa shape index (κ3) is 4.03. The molecule has 0 aliphatic heterocycles. The second kappa shape index (κ2) is 7.00. The van der Waals surface area contributed by atoms with Crippen LogP contribution in [0.5, 0.6) is 5.75 Å². The zero-order chi connectivity index (χ0) is 14.4. The summed E-state index contributed by atoms with van der Waals surface area (Å²) in [6.07, 6.45) is 3.30. The van der Waals surface area contributed by atoms with E-state index in [0.29, 0.717) is 12.5 Å². The maximum Gasteiger partial charge on any atom is 0.164 e. The molecule has 0 spiro atoms. The summed E-state index contributed by atoms with van der Waals surface area (Å²) in [5.41, 5.74) is 0.989. The van der Waals surface area contributed by atoms with Crippen LogP contribution in [0, 0.1) is 5.92 Å². The van der Waals surface area contributed by atoms with Gasteiger partial charge in [-0.15, -0.1) is 0 Å². The molecule has 1 N–H and O–H groups in total. The molecule has 0 aliphatic rings. The minimum absolute atomic E-state index is 0.403. The van der Waals surface area contributed by atoms with Gasteiger partial charge in [0.1, 0.15) is 18.7 Å². The maximum atomic E-state index is 5.70. The van der Waals surface area contributed by atoms with Gasteiger partial charge in [0.15, 0.2) is 5.82 Å². The van der Waals surface area contributed by atoms with Gasteiger partial charge in [-0.05, 0) is 25.1 Å². The largest absolute Gasteiger partial charge is 0.484 e. The minimum Gasteiger partial charge on any atom is -0.484 e. The fourth-order valence-corrected chi connectivity index (χ4v) is 1.83. The zero-order valence-corrected chi connectivity index (χ0v) is 12.2. The topological polar surface area (TPSA) is 64.9 Å². The first kappa shape index (κ1) is 14.5. The van der Waals surface area contributed by atoms with Crippen LogP contribution in [0.1, 0.15) is 25.4 Å². The molecule has 0 unspecified atom stereocenters. The van der Waals surface area contributed by atoms with Crippen molar-refractivity contribution in [3.8, 4) is 5.75 Å². The van der Waals surface area contributed by atoms with E-state index in [4.69, 9.17) is 4.74 Å². The van der Waals surface area contributed by atoms with E-state index in [0.717, 1.165) is 30.4 Å². The number of nitrogens with one attached hydrogen (secondary N) is 1.